The summed E-state index contributed by atoms with van der Waals surface area (Å²) in [6, 6.07) is 2.03. The summed E-state index contributed by atoms with van der Waals surface area (Å²) in [5.74, 6) is 0.951. The van der Waals surface area contributed by atoms with Crippen LogP contribution >= 0.6 is 34.5 Å². The average Bonchev–Trinajstić information content (AvgIpc) is 2.95. The number of aryl methyl sites for hydroxylation is 1. The van der Waals surface area contributed by atoms with Gasteiger partial charge in [0.15, 0.2) is 0 Å². The number of nitrogens with one attached hydrogen (secondary N) is 1. The van der Waals surface area contributed by atoms with Gasteiger partial charge >= 0.3 is 0 Å². The van der Waals surface area contributed by atoms with Gasteiger partial charge in [-0.15, -0.1) is 11.3 Å². The minimum absolute atomic E-state index is 0.107. The Labute approximate surface area is 126 Å². The van der Waals surface area contributed by atoms with E-state index in [4.69, 9.17) is 23.2 Å². The maximum absolute atomic E-state index is 6.24. The predicted octanol–water partition coefficient (Wildman–Crippen LogP) is 3.56. The van der Waals surface area contributed by atoms with E-state index in [1.54, 1.807) is 6.33 Å². The van der Waals surface area contributed by atoms with Gasteiger partial charge in [0, 0.05) is 24.6 Å². The molecule has 1 atom stereocenters. The monoisotopic (exact) mass is 318 g/mol. The summed E-state index contributed by atoms with van der Waals surface area (Å²) in [5, 5.41) is 7.62. The summed E-state index contributed by atoms with van der Waals surface area (Å²) in [7, 11) is 0. The molecule has 4 nitrogen and oxygen atoms in total. The van der Waals surface area contributed by atoms with E-state index in [1.807, 2.05) is 10.7 Å². The van der Waals surface area contributed by atoms with Gasteiger partial charge in [-0.3, -0.25) is 4.68 Å². The molecule has 0 saturated heterocycles. The van der Waals surface area contributed by atoms with Crippen molar-refractivity contribution < 1.29 is 0 Å². The Morgan fingerprint density at radius 1 is 1.42 bits per heavy atom. The lowest BCUT2D eigenvalue weighted by Gasteiger charge is -2.17. The molecule has 0 aliphatic carbocycles. The number of hydrogen-bond donors (Lipinski definition) is 1. The van der Waals surface area contributed by atoms with E-state index in [1.165, 1.54) is 11.3 Å². The quantitative estimate of drug-likeness (QED) is 0.885. The van der Waals surface area contributed by atoms with Crippen LogP contribution in [0.25, 0.3) is 0 Å². The third kappa shape index (κ3) is 3.48. The maximum Gasteiger partial charge on any atom is 0.138 e. The van der Waals surface area contributed by atoms with Crippen LogP contribution in [0.5, 0.6) is 0 Å². The zero-order valence-electron chi connectivity index (χ0n) is 10.9. The van der Waals surface area contributed by atoms with Crippen LogP contribution in [-0.4, -0.2) is 21.3 Å². The van der Waals surface area contributed by atoms with Crippen molar-refractivity contribution in [2.75, 3.05) is 6.54 Å². The van der Waals surface area contributed by atoms with Gasteiger partial charge < -0.3 is 5.32 Å². The van der Waals surface area contributed by atoms with Gasteiger partial charge in [-0.05, 0) is 19.5 Å². The normalized spacial score (nSPS) is 12.8. The van der Waals surface area contributed by atoms with Crippen molar-refractivity contribution in [2.24, 2.45) is 0 Å². The second-order valence-corrected chi connectivity index (χ2v) is 6.37. The Balaban J connectivity index is 2.23. The van der Waals surface area contributed by atoms with Crippen LogP contribution in [0, 0.1) is 0 Å². The molecule has 104 valence electrons. The van der Waals surface area contributed by atoms with Crippen molar-refractivity contribution in [2.45, 2.75) is 32.9 Å². The van der Waals surface area contributed by atoms with Gasteiger partial charge in [0.2, 0.25) is 0 Å². The predicted molar refractivity (Wildman–Crippen MR) is 80.2 cm³/mol. The van der Waals surface area contributed by atoms with Crippen molar-refractivity contribution in [3.8, 4) is 0 Å². The minimum Gasteiger partial charge on any atom is -0.310 e. The van der Waals surface area contributed by atoms with E-state index in [0.29, 0.717) is 4.34 Å². The first kappa shape index (κ1) is 14.8. The zero-order chi connectivity index (χ0) is 13.8. The van der Waals surface area contributed by atoms with E-state index < -0.39 is 0 Å². The van der Waals surface area contributed by atoms with Crippen LogP contribution in [0.3, 0.4) is 0 Å². The number of thiophene rings is 1. The van der Waals surface area contributed by atoms with Crippen LogP contribution in [0.2, 0.25) is 8.67 Å². The highest BCUT2D eigenvalue weighted by molar-refractivity contribution is 7.20. The molecule has 7 heteroatoms. The first-order chi connectivity index (χ1) is 9.15. The Bertz CT molecular complexity index is 538. The van der Waals surface area contributed by atoms with Crippen molar-refractivity contribution in [1.82, 2.24) is 20.1 Å². The zero-order valence-corrected chi connectivity index (χ0v) is 13.2. The molecule has 0 aromatic carbocycles. The molecule has 0 spiro atoms. The molecular weight excluding hydrogens is 303 g/mol. The topological polar surface area (TPSA) is 42.7 Å². The van der Waals surface area contributed by atoms with E-state index in [2.05, 4.69) is 29.2 Å². The average molecular weight is 319 g/mol. The summed E-state index contributed by atoms with van der Waals surface area (Å²) >= 11 is 13.7. The lowest BCUT2D eigenvalue weighted by Crippen LogP contribution is -2.24. The van der Waals surface area contributed by atoms with Crippen LogP contribution in [0.4, 0.5) is 0 Å². The molecule has 0 saturated carbocycles. The highest BCUT2D eigenvalue weighted by Gasteiger charge is 2.19. The van der Waals surface area contributed by atoms with Crippen LogP contribution < -0.4 is 5.32 Å². The summed E-state index contributed by atoms with van der Waals surface area (Å²) in [6.07, 6.45) is 2.33. The van der Waals surface area contributed by atoms with E-state index in [0.717, 1.165) is 35.2 Å². The molecule has 19 heavy (non-hydrogen) atoms. The molecule has 0 amide bonds. The summed E-state index contributed by atoms with van der Waals surface area (Å²) in [6.45, 7) is 5.79. The first-order valence-corrected chi connectivity index (χ1v) is 7.77. The molecule has 1 N–H and O–H groups in total. The standard InChI is InChI=1S/C12H16Cl2N4S/c1-3-15-9(8-5-10(13)19-12(8)14)6-11-16-7-17-18(11)4-2/h5,7,9,15H,3-4,6H2,1-2H3. The van der Waals surface area contributed by atoms with Gasteiger partial charge in [-0.25, -0.2) is 4.98 Å². The largest absolute Gasteiger partial charge is 0.310 e. The fourth-order valence-corrected chi connectivity index (χ4v) is 3.60. The number of aromatic nitrogens is 3. The molecule has 0 aliphatic heterocycles. The van der Waals surface area contributed by atoms with Gasteiger partial charge in [-0.2, -0.15) is 5.10 Å². The Morgan fingerprint density at radius 2 is 2.21 bits per heavy atom. The van der Waals surface area contributed by atoms with E-state index in [9.17, 15) is 0 Å². The summed E-state index contributed by atoms with van der Waals surface area (Å²) < 4.78 is 3.34. The Hall–Kier alpha value is -0.620. The third-order valence-corrected chi connectivity index (χ3v) is 4.41. The summed E-state index contributed by atoms with van der Waals surface area (Å²) in [4.78, 5) is 4.31. The van der Waals surface area contributed by atoms with Crippen molar-refractivity contribution in [3.05, 3.63) is 32.5 Å². The van der Waals surface area contributed by atoms with Gasteiger partial charge in [0.1, 0.15) is 12.2 Å². The molecule has 2 heterocycles. The Kier molecular flexibility index (Phi) is 5.21. The number of rotatable bonds is 6. The van der Waals surface area contributed by atoms with Crippen molar-refractivity contribution in [1.29, 1.82) is 0 Å². The van der Waals surface area contributed by atoms with E-state index >= 15 is 0 Å². The van der Waals surface area contributed by atoms with Crippen molar-refractivity contribution >= 4 is 34.5 Å². The first-order valence-electron chi connectivity index (χ1n) is 6.20. The molecule has 2 aromatic rings. The minimum atomic E-state index is 0.107. The molecule has 1 unspecified atom stereocenters. The summed E-state index contributed by atoms with van der Waals surface area (Å²) in [5.41, 5.74) is 1.03. The maximum atomic E-state index is 6.24. The molecule has 2 aromatic heterocycles. The highest BCUT2D eigenvalue weighted by atomic mass is 35.5. The lowest BCUT2D eigenvalue weighted by atomic mass is 10.1. The van der Waals surface area contributed by atoms with Gasteiger partial charge in [-0.1, -0.05) is 30.1 Å². The van der Waals surface area contributed by atoms with Crippen LogP contribution in [0.15, 0.2) is 12.4 Å². The molecule has 0 aliphatic rings. The second-order valence-electron chi connectivity index (χ2n) is 4.09. The molecule has 0 fully saturated rings. The lowest BCUT2D eigenvalue weighted by molar-refractivity contribution is 0.511. The smallest absolute Gasteiger partial charge is 0.138 e. The molecular formula is C12H16Cl2N4S. The number of nitrogens with zero attached hydrogens (tertiary/aromatic N) is 3. The van der Waals surface area contributed by atoms with E-state index in [-0.39, 0.29) is 6.04 Å². The van der Waals surface area contributed by atoms with Gasteiger partial charge in [0.25, 0.3) is 0 Å². The number of likely N-dealkylation sites (N-methyl/N-ethyl adjacent to an activating group) is 1. The molecule has 0 bridgehead atoms. The number of hydrogen-bond acceptors (Lipinski definition) is 4. The molecule has 0 radical (unpaired) electrons. The van der Waals surface area contributed by atoms with Crippen molar-refractivity contribution in [3.63, 3.8) is 0 Å². The SMILES string of the molecule is CCNC(Cc1ncnn1CC)c1cc(Cl)sc1Cl. The fraction of sp³-hybridized carbons (Fsp3) is 0.500. The van der Waals surface area contributed by atoms with Crippen LogP contribution in [-0.2, 0) is 13.0 Å². The Morgan fingerprint density at radius 3 is 2.79 bits per heavy atom. The highest BCUT2D eigenvalue weighted by Crippen LogP contribution is 2.35. The third-order valence-electron chi connectivity index (χ3n) is 2.89. The molecule has 2 rings (SSSR count). The second kappa shape index (κ2) is 6.70. The fourth-order valence-electron chi connectivity index (χ4n) is 2.02. The van der Waals surface area contributed by atoms with Crippen LogP contribution in [0.1, 0.15) is 31.3 Å². The van der Waals surface area contributed by atoms with Gasteiger partial charge in [0.05, 0.1) is 8.67 Å². The number of halogens is 2.